The van der Waals surface area contributed by atoms with Crippen LogP contribution in [0.25, 0.3) is 0 Å². The van der Waals surface area contributed by atoms with Crippen molar-refractivity contribution in [1.29, 1.82) is 0 Å². The summed E-state index contributed by atoms with van der Waals surface area (Å²) in [7, 11) is 0. The van der Waals surface area contributed by atoms with E-state index in [0.717, 1.165) is 5.92 Å². The molecule has 0 aliphatic heterocycles. The molecule has 0 aromatic rings. The van der Waals surface area contributed by atoms with Gasteiger partial charge in [0.2, 0.25) is 0 Å². The van der Waals surface area contributed by atoms with Gasteiger partial charge in [0.05, 0.1) is 6.61 Å². The van der Waals surface area contributed by atoms with Crippen LogP contribution in [0.15, 0.2) is 0 Å². The van der Waals surface area contributed by atoms with Crippen molar-refractivity contribution in [3.63, 3.8) is 0 Å². The summed E-state index contributed by atoms with van der Waals surface area (Å²) in [4.78, 5) is 0. The Bertz CT molecular complexity index is 213. The molecule has 0 amide bonds. The van der Waals surface area contributed by atoms with Gasteiger partial charge in [-0.25, -0.2) is 0 Å². The third kappa shape index (κ3) is 3.74. The van der Waals surface area contributed by atoms with Crippen LogP contribution in [0.4, 0.5) is 0 Å². The molecule has 0 radical (unpaired) electrons. The van der Waals surface area contributed by atoms with Crippen LogP contribution in [0, 0.1) is 17.3 Å². The Balaban J connectivity index is 2.49. The van der Waals surface area contributed by atoms with Gasteiger partial charge in [-0.05, 0) is 36.5 Å². The van der Waals surface area contributed by atoms with E-state index in [9.17, 15) is 5.11 Å². The summed E-state index contributed by atoms with van der Waals surface area (Å²) in [6, 6.07) is 0.848. The van der Waals surface area contributed by atoms with Gasteiger partial charge in [-0.1, -0.05) is 34.6 Å². The van der Waals surface area contributed by atoms with Gasteiger partial charge in [-0.15, -0.1) is 0 Å². The third-order valence-electron chi connectivity index (χ3n) is 4.12. The second-order valence-corrected chi connectivity index (χ2v) is 6.69. The molecule has 1 aliphatic carbocycles. The molecule has 1 rings (SSSR count). The molecular weight excluding hydrogens is 198 g/mol. The van der Waals surface area contributed by atoms with Crippen LogP contribution < -0.4 is 5.32 Å². The summed E-state index contributed by atoms with van der Waals surface area (Å²) < 4.78 is 0. The second kappa shape index (κ2) is 5.50. The Morgan fingerprint density at radius 3 is 2.44 bits per heavy atom. The van der Waals surface area contributed by atoms with Crippen LogP contribution in [0.5, 0.6) is 0 Å². The maximum Gasteiger partial charge on any atom is 0.0587 e. The zero-order valence-electron chi connectivity index (χ0n) is 11.6. The quantitative estimate of drug-likeness (QED) is 0.774. The first-order valence-corrected chi connectivity index (χ1v) is 6.72. The molecule has 0 spiro atoms. The first kappa shape index (κ1) is 14.0. The predicted octanol–water partition coefficient (Wildman–Crippen LogP) is 2.81. The third-order valence-corrected chi connectivity index (χ3v) is 4.12. The summed E-state index contributed by atoms with van der Waals surface area (Å²) in [5, 5.41) is 13.0. The summed E-state index contributed by atoms with van der Waals surface area (Å²) in [6.07, 6.45) is 3.84. The molecule has 0 aromatic carbocycles. The molecule has 2 nitrogen and oxygen atoms in total. The normalized spacial score (nSPS) is 31.7. The molecule has 3 atom stereocenters. The average Bonchev–Trinajstić information content (AvgIpc) is 2.15. The number of hydrogen-bond donors (Lipinski definition) is 2. The van der Waals surface area contributed by atoms with Gasteiger partial charge in [0.25, 0.3) is 0 Å². The highest BCUT2D eigenvalue weighted by atomic mass is 16.3. The molecule has 0 heterocycles. The standard InChI is InChI=1S/C14H29NO/c1-10(2)13(9-16)15-12-6-7-14(4,5)8-11(12)3/h10-13,15-16H,6-9H2,1-5H3. The Labute approximate surface area is 101 Å². The zero-order chi connectivity index (χ0) is 12.3. The van der Waals surface area contributed by atoms with Gasteiger partial charge < -0.3 is 10.4 Å². The molecule has 0 bridgehead atoms. The number of nitrogens with one attached hydrogen (secondary N) is 1. The van der Waals surface area contributed by atoms with Crippen LogP contribution >= 0.6 is 0 Å². The Morgan fingerprint density at radius 2 is 2.00 bits per heavy atom. The van der Waals surface area contributed by atoms with Gasteiger partial charge in [-0.2, -0.15) is 0 Å². The van der Waals surface area contributed by atoms with Crippen LogP contribution in [0.1, 0.15) is 53.9 Å². The maximum atomic E-state index is 9.35. The number of aliphatic hydroxyl groups excluding tert-OH is 1. The van der Waals surface area contributed by atoms with Crippen molar-refractivity contribution >= 4 is 0 Å². The van der Waals surface area contributed by atoms with E-state index in [1.54, 1.807) is 0 Å². The van der Waals surface area contributed by atoms with Crippen molar-refractivity contribution in [2.45, 2.75) is 66.0 Å². The molecule has 2 N–H and O–H groups in total. The molecule has 16 heavy (non-hydrogen) atoms. The van der Waals surface area contributed by atoms with Crippen LogP contribution in [-0.4, -0.2) is 23.8 Å². The first-order chi connectivity index (χ1) is 7.35. The summed E-state index contributed by atoms with van der Waals surface area (Å²) in [5.74, 6) is 1.23. The van der Waals surface area contributed by atoms with E-state index in [4.69, 9.17) is 0 Å². The Morgan fingerprint density at radius 1 is 1.38 bits per heavy atom. The van der Waals surface area contributed by atoms with Crippen molar-refractivity contribution in [3.05, 3.63) is 0 Å². The lowest BCUT2D eigenvalue weighted by molar-refractivity contribution is 0.118. The summed E-state index contributed by atoms with van der Waals surface area (Å²) >= 11 is 0. The van der Waals surface area contributed by atoms with Crippen molar-refractivity contribution < 1.29 is 5.11 Å². The van der Waals surface area contributed by atoms with Gasteiger partial charge >= 0.3 is 0 Å². The van der Waals surface area contributed by atoms with Gasteiger partial charge in [-0.3, -0.25) is 0 Å². The fraction of sp³-hybridized carbons (Fsp3) is 1.00. The molecule has 2 heteroatoms. The highest BCUT2D eigenvalue weighted by Crippen LogP contribution is 2.38. The van der Waals surface area contributed by atoms with E-state index in [2.05, 4.69) is 39.9 Å². The Hall–Kier alpha value is -0.0800. The van der Waals surface area contributed by atoms with Crippen molar-refractivity contribution in [3.8, 4) is 0 Å². The van der Waals surface area contributed by atoms with E-state index in [1.807, 2.05) is 0 Å². The lowest BCUT2D eigenvalue weighted by Gasteiger charge is -2.41. The molecule has 1 fully saturated rings. The molecule has 0 saturated heterocycles. The van der Waals surface area contributed by atoms with E-state index in [-0.39, 0.29) is 12.6 Å². The highest BCUT2D eigenvalue weighted by molar-refractivity contribution is 4.88. The lowest BCUT2D eigenvalue weighted by atomic mass is 9.70. The second-order valence-electron chi connectivity index (χ2n) is 6.69. The topological polar surface area (TPSA) is 32.3 Å². The minimum Gasteiger partial charge on any atom is -0.395 e. The number of rotatable bonds is 4. The Kier molecular flexibility index (Phi) is 4.81. The van der Waals surface area contributed by atoms with Crippen LogP contribution in [0.3, 0.4) is 0 Å². The van der Waals surface area contributed by atoms with Gasteiger partial charge in [0.1, 0.15) is 0 Å². The van der Waals surface area contributed by atoms with Gasteiger partial charge in [0.15, 0.2) is 0 Å². The average molecular weight is 227 g/mol. The monoisotopic (exact) mass is 227 g/mol. The smallest absolute Gasteiger partial charge is 0.0587 e. The van der Waals surface area contributed by atoms with E-state index in [1.165, 1.54) is 19.3 Å². The fourth-order valence-corrected chi connectivity index (χ4v) is 2.93. The van der Waals surface area contributed by atoms with E-state index >= 15 is 0 Å². The van der Waals surface area contributed by atoms with Crippen LogP contribution in [0.2, 0.25) is 0 Å². The predicted molar refractivity (Wildman–Crippen MR) is 69.4 cm³/mol. The highest BCUT2D eigenvalue weighted by Gasteiger charge is 2.33. The SMILES string of the molecule is CC(C)C(CO)NC1CCC(C)(C)CC1C. The zero-order valence-corrected chi connectivity index (χ0v) is 11.6. The molecule has 96 valence electrons. The summed E-state index contributed by atoms with van der Waals surface area (Å²) in [6.45, 7) is 11.7. The maximum absolute atomic E-state index is 9.35. The van der Waals surface area contributed by atoms with E-state index < -0.39 is 0 Å². The lowest BCUT2D eigenvalue weighted by Crippen LogP contribution is -2.49. The van der Waals surface area contributed by atoms with E-state index in [0.29, 0.717) is 17.4 Å². The minimum atomic E-state index is 0.254. The molecule has 3 unspecified atom stereocenters. The van der Waals surface area contributed by atoms with Crippen LogP contribution in [-0.2, 0) is 0 Å². The molecular formula is C14H29NO. The van der Waals surface area contributed by atoms with Crippen molar-refractivity contribution in [2.75, 3.05) is 6.61 Å². The first-order valence-electron chi connectivity index (χ1n) is 6.72. The molecule has 0 aromatic heterocycles. The molecule has 1 saturated carbocycles. The van der Waals surface area contributed by atoms with Gasteiger partial charge in [0, 0.05) is 12.1 Å². The number of aliphatic hydroxyl groups is 1. The fourth-order valence-electron chi connectivity index (χ4n) is 2.93. The van der Waals surface area contributed by atoms with Crippen molar-refractivity contribution in [1.82, 2.24) is 5.32 Å². The summed E-state index contributed by atoms with van der Waals surface area (Å²) in [5.41, 5.74) is 0.504. The molecule has 1 aliphatic rings. The largest absolute Gasteiger partial charge is 0.395 e. The minimum absolute atomic E-state index is 0.254. The van der Waals surface area contributed by atoms with Crippen molar-refractivity contribution in [2.24, 2.45) is 17.3 Å². The number of hydrogen-bond acceptors (Lipinski definition) is 2.